The molecule has 1 heterocycles. The smallest absolute Gasteiger partial charge is 0.155 e. The van der Waals surface area contributed by atoms with Gasteiger partial charge in [-0.2, -0.15) is 0 Å². The molecule has 0 aliphatic rings. The lowest BCUT2D eigenvalue weighted by Crippen LogP contribution is -2.17. The number of hydrogen-bond acceptors (Lipinski definition) is 4. The fourth-order valence-corrected chi connectivity index (χ4v) is 4.50. The Bertz CT molecular complexity index is 735. The van der Waals surface area contributed by atoms with Crippen molar-refractivity contribution in [1.29, 1.82) is 0 Å². The number of rotatable bonds is 4. The van der Waals surface area contributed by atoms with E-state index >= 15 is 0 Å². The van der Waals surface area contributed by atoms with Crippen molar-refractivity contribution in [1.82, 2.24) is 4.98 Å². The third kappa shape index (κ3) is 3.58. The van der Waals surface area contributed by atoms with Gasteiger partial charge >= 0.3 is 0 Å². The second kappa shape index (κ2) is 6.36. The van der Waals surface area contributed by atoms with Crippen LogP contribution < -0.4 is 5.73 Å². The number of benzene rings is 2. The molecule has 0 spiro atoms. The van der Waals surface area contributed by atoms with E-state index in [2.05, 4.69) is 23.2 Å². The van der Waals surface area contributed by atoms with E-state index in [4.69, 9.17) is 17.3 Å². The van der Waals surface area contributed by atoms with Crippen LogP contribution in [0.4, 0.5) is 0 Å². The number of hydrogen-bond donors (Lipinski definition) is 1. The van der Waals surface area contributed by atoms with E-state index in [1.165, 1.54) is 4.70 Å². The third-order valence-electron chi connectivity index (χ3n) is 3.05. The molecule has 5 heteroatoms. The molecule has 1 aromatic heterocycles. The van der Waals surface area contributed by atoms with Gasteiger partial charge in [0.15, 0.2) is 4.34 Å². The van der Waals surface area contributed by atoms with Gasteiger partial charge in [0.2, 0.25) is 0 Å². The summed E-state index contributed by atoms with van der Waals surface area (Å²) in [6, 6.07) is 14.4. The molecule has 1 unspecified atom stereocenters. The van der Waals surface area contributed by atoms with E-state index in [-0.39, 0.29) is 6.04 Å². The molecule has 2 N–H and O–H groups in total. The molecular formula is C16H15ClN2S2. The maximum atomic E-state index is 6.33. The van der Waals surface area contributed by atoms with Crippen molar-refractivity contribution in [2.45, 2.75) is 28.6 Å². The molecule has 0 saturated heterocycles. The number of fused-ring (bicyclic) bond motifs is 1. The second-order valence-electron chi connectivity index (χ2n) is 4.98. The SMILES string of the molecule is CC(N)Cc1ccc(Sc2nc3ccccc3s2)cc1Cl. The van der Waals surface area contributed by atoms with Crippen LogP contribution >= 0.6 is 34.7 Å². The topological polar surface area (TPSA) is 38.9 Å². The van der Waals surface area contributed by atoms with Crippen LogP contribution in [0.5, 0.6) is 0 Å². The monoisotopic (exact) mass is 334 g/mol. The summed E-state index contributed by atoms with van der Waals surface area (Å²) in [7, 11) is 0. The van der Waals surface area contributed by atoms with Crippen molar-refractivity contribution >= 4 is 44.9 Å². The first-order valence-corrected chi connectivity index (χ1v) is 8.70. The van der Waals surface area contributed by atoms with E-state index in [0.29, 0.717) is 0 Å². The quantitative estimate of drug-likeness (QED) is 0.730. The lowest BCUT2D eigenvalue weighted by Gasteiger charge is -2.08. The third-order valence-corrected chi connectivity index (χ3v) is 5.48. The average molecular weight is 335 g/mol. The number of aromatic nitrogens is 1. The minimum absolute atomic E-state index is 0.116. The van der Waals surface area contributed by atoms with Gasteiger partial charge < -0.3 is 5.73 Å². The van der Waals surface area contributed by atoms with Gasteiger partial charge in [-0.15, -0.1) is 11.3 Å². The number of para-hydroxylation sites is 1. The summed E-state index contributed by atoms with van der Waals surface area (Å²) in [5, 5.41) is 0.776. The zero-order valence-corrected chi connectivity index (χ0v) is 13.9. The highest BCUT2D eigenvalue weighted by Crippen LogP contribution is 2.35. The Morgan fingerprint density at radius 1 is 1.29 bits per heavy atom. The number of thiazole rings is 1. The van der Waals surface area contributed by atoms with E-state index in [1.54, 1.807) is 23.1 Å². The van der Waals surface area contributed by atoms with Gasteiger partial charge in [-0.25, -0.2) is 4.98 Å². The Morgan fingerprint density at radius 2 is 2.10 bits per heavy atom. The first-order valence-electron chi connectivity index (χ1n) is 6.69. The van der Waals surface area contributed by atoms with Crippen molar-refractivity contribution in [3.05, 3.63) is 53.1 Å². The Labute approximate surface area is 137 Å². The Kier molecular flexibility index (Phi) is 4.50. The Morgan fingerprint density at radius 3 is 2.81 bits per heavy atom. The highest BCUT2D eigenvalue weighted by molar-refractivity contribution is 8.01. The highest BCUT2D eigenvalue weighted by atomic mass is 35.5. The molecule has 0 amide bonds. The predicted molar refractivity (Wildman–Crippen MR) is 92.5 cm³/mol. The molecule has 0 aliphatic heterocycles. The van der Waals surface area contributed by atoms with E-state index in [1.807, 2.05) is 31.2 Å². The average Bonchev–Trinajstić information content (AvgIpc) is 2.83. The number of nitrogens with two attached hydrogens (primary N) is 1. The lowest BCUT2D eigenvalue weighted by molar-refractivity contribution is 0.738. The minimum atomic E-state index is 0.116. The molecule has 21 heavy (non-hydrogen) atoms. The molecule has 0 fully saturated rings. The summed E-state index contributed by atoms with van der Waals surface area (Å²) >= 11 is 9.68. The van der Waals surface area contributed by atoms with Gasteiger partial charge in [0, 0.05) is 16.0 Å². The van der Waals surface area contributed by atoms with Crippen LogP contribution in [0, 0.1) is 0 Å². The van der Waals surface area contributed by atoms with Crippen molar-refractivity contribution in [2.75, 3.05) is 0 Å². The molecule has 0 saturated carbocycles. The van der Waals surface area contributed by atoms with Gasteiger partial charge in [0.25, 0.3) is 0 Å². The van der Waals surface area contributed by atoms with Gasteiger partial charge in [-0.05, 0) is 43.2 Å². The molecule has 0 radical (unpaired) electrons. The van der Waals surface area contributed by atoms with E-state index < -0.39 is 0 Å². The van der Waals surface area contributed by atoms with Crippen molar-refractivity contribution in [2.24, 2.45) is 5.73 Å². The van der Waals surface area contributed by atoms with Crippen molar-refractivity contribution in [3.63, 3.8) is 0 Å². The standard InChI is InChI=1S/C16H15ClN2S2/c1-10(18)8-11-6-7-12(9-13(11)17)20-16-19-14-4-2-3-5-15(14)21-16/h2-7,9-10H,8,18H2,1H3. The summed E-state index contributed by atoms with van der Waals surface area (Å²) in [5.41, 5.74) is 7.97. The fourth-order valence-electron chi connectivity index (χ4n) is 2.10. The molecule has 108 valence electrons. The zero-order chi connectivity index (χ0) is 14.8. The van der Waals surface area contributed by atoms with Crippen LogP contribution in [-0.4, -0.2) is 11.0 Å². The fraction of sp³-hybridized carbons (Fsp3) is 0.188. The summed E-state index contributed by atoms with van der Waals surface area (Å²) in [6.45, 7) is 1.99. The maximum absolute atomic E-state index is 6.33. The maximum Gasteiger partial charge on any atom is 0.155 e. The van der Waals surface area contributed by atoms with E-state index in [0.717, 1.165) is 31.8 Å². The van der Waals surface area contributed by atoms with Crippen LogP contribution in [0.25, 0.3) is 10.2 Å². The molecule has 2 nitrogen and oxygen atoms in total. The largest absolute Gasteiger partial charge is 0.328 e. The Balaban J connectivity index is 1.82. The molecular weight excluding hydrogens is 320 g/mol. The van der Waals surface area contributed by atoms with Crippen LogP contribution in [0.15, 0.2) is 51.7 Å². The lowest BCUT2D eigenvalue weighted by atomic mass is 10.1. The van der Waals surface area contributed by atoms with Crippen molar-refractivity contribution in [3.8, 4) is 0 Å². The predicted octanol–water partition coefficient (Wildman–Crippen LogP) is 4.99. The van der Waals surface area contributed by atoms with Crippen molar-refractivity contribution < 1.29 is 0 Å². The molecule has 0 aliphatic carbocycles. The molecule has 3 aromatic rings. The molecule has 3 rings (SSSR count). The van der Waals surface area contributed by atoms with Gasteiger partial charge in [-0.3, -0.25) is 0 Å². The van der Waals surface area contributed by atoms with Crippen LogP contribution in [0.3, 0.4) is 0 Å². The van der Waals surface area contributed by atoms with Gasteiger partial charge in [-0.1, -0.05) is 41.6 Å². The summed E-state index contributed by atoms with van der Waals surface area (Å²) in [5.74, 6) is 0. The first-order chi connectivity index (χ1) is 10.1. The number of halogens is 1. The van der Waals surface area contributed by atoms with Crippen LogP contribution in [-0.2, 0) is 6.42 Å². The van der Waals surface area contributed by atoms with E-state index in [9.17, 15) is 0 Å². The first kappa shape index (κ1) is 14.9. The number of nitrogens with zero attached hydrogens (tertiary/aromatic N) is 1. The van der Waals surface area contributed by atoms with Crippen LogP contribution in [0.1, 0.15) is 12.5 Å². The van der Waals surface area contributed by atoms with Gasteiger partial charge in [0.1, 0.15) is 0 Å². The van der Waals surface area contributed by atoms with Crippen LogP contribution in [0.2, 0.25) is 5.02 Å². The second-order valence-corrected chi connectivity index (χ2v) is 7.74. The zero-order valence-electron chi connectivity index (χ0n) is 11.5. The summed E-state index contributed by atoms with van der Waals surface area (Å²) in [6.07, 6.45) is 0.797. The molecule has 1 atom stereocenters. The van der Waals surface area contributed by atoms with Gasteiger partial charge in [0.05, 0.1) is 10.2 Å². The normalized spacial score (nSPS) is 12.7. The minimum Gasteiger partial charge on any atom is -0.328 e. The summed E-state index contributed by atoms with van der Waals surface area (Å²) in [4.78, 5) is 5.73. The Hall–Kier alpha value is -1.07. The molecule has 2 aromatic carbocycles. The summed E-state index contributed by atoms with van der Waals surface area (Å²) < 4.78 is 2.24. The highest BCUT2D eigenvalue weighted by Gasteiger charge is 2.08. The molecule has 0 bridgehead atoms.